The highest BCUT2D eigenvalue weighted by molar-refractivity contribution is 6.77. The predicted octanol–water partition coefficient (Wildman–Crippen LogP) is 6.27. The first-order valence-corrected chi connectivity index (χ1v) is 10.1. The predicted molar refractivity (Wildman–Crippen MR) is 87.8 cm³/mol. The summed E-state index contributed by atoms with van der Waals surface area (Å²) in [5.41, 5.74) is 2.47. The van der Waals surface area contributed by atoms with Gasteiger partial charge in [0.15, 0.2) is 0 Å². The smallest absolute Gasteiger partial charge is 0.258 e. The van der Waals surface area contributed by atoms with Crippen LogP contribution in [0.2, 0.25) is 16.6 Å². The van der Waals surface area contributed by atoms with Crippen LogP contribution in [0.5, 0.6) is 0 Å². The fourth-order valence-electron chi connectivity index (χ4n) is 3.73. The van der Waals surface area contributed by atoms with Crippen LogP contribution in [0, 0.1) is 5.41 Å². The van der Waals surface area contributed by atoms with E-state index in [-0.39, 0.29) is 0 Å². The van der Waals surface area contributed by atoms with Gasteiger partial charge in [-0.1, -0.05) is 55.4 Å². The molecule has 0 amide bonds. The van der Waals surface area contributed by atoms with Crippen LogP contribution in [0.25, 0.3) is 0 Å². The standard InChI is InChI=1S/C17H34OSi/c1-13(2)19(14(3)4,15(5)6)18-16-9-11-17(7,8)12-10-16/h9,13-15H,10-12H2,1-8H3. The summed E-state index contributed by atoms with van der Waals surface area (Å²) in [6.07, 6.45) is 5.94. The first kappa shape index (κ1) is 16.8. The Kier molecular flexibility index (Phi) is 5.33. The van der Waals surface area contributed by atoms with Gasteiger partial charge in [0.25, 0.3) is 8.32 Å². The molecule has 0 radical (unpaired) electrons. The van der Waals surface area contributed by atoms with Crippen molar-refractivity contribution in [1.29, 1.82) is 0 Å². The van der Waals surface area contributed by atoms with E-state index >= 15 is 0 Å². The molecule has 0 spiro atoms. The number of allylic oxidation sites excluding steroid dienone is 2. The van der Waals surface area contributed by atoms with Gasteiger partial charge in [0.05, 0.1) is 5.76 Å². The molecule has 0 heterocycles. The normalized spacial score (nSPS) is 20.1. The van der Waals surface area contributed by atoms with Gasteiger partial charge in [-0.2, -0.15) is 0 Å². The second-order valence-electron chi connectivity index (χ2n) is 7.96. The van der Waals surface area contributed by atoms with Gasteiger partial charge < -0.3 is 4.43 Å². The van der Waals surface area contributed by atoms with E-state index in [1.807, 2.05) is 0 Å². The van der Waals surface area contributed by atoms with Gasteiger partial charge in [0.2, 0.25) is 0 Å². The summed E-state index contributed by atoms with van der Waals surface area (Å²) in [6, 6.07) is 0. The Morgan fingerprint density at radius 1 is 1.00 bits per heavy atom. The fraction of sp³-hybridized carbons (Fsp3) is 0.882. The van der Waals surface area contributed by atoms with Crippen molar-refractivity contribution in [2.45, 2.75) is 91.3 Å². The van der Waals surface area contributed by atoms with Crippen molar-refractivity contribution in [2.75, 3.05) is 0 Å². The van der Waals surface area contributed by atoms with Crippen molar-refractivity contribution >= 4 is 8.32 Å². The van der Waals surface area contributed by atoms with Crippen LogP contribution >= 0.6 is 0 Å². The average Bonchev–Trinajstić information content (AvgIpc) is 2.26. The maximum atomic E-state index is 6.76. The highest BCUT2D eigenvalue weighted by Crippen LogP contribution is 2.45. The monoisotopic (exact) mass is 282 g/mol. The maximum Gasteiger partial charge on any atom is 0.258 e. The summed E-state index contributed by atoms with van der Waals surface area (Å²) in [5, 5.41) is 0. The van der Waals surface area contributed by atoms with Crippen LogP contribution in [0.15, 0.2) is 11.8 Å². The Bertz CT molecular complexity index is 304. The third kappa shape index (κ3) is 3.65. The molecular weight excluding hydrogens is 248 g/mol. The van der Waals surface area contributed by atoms with Gasteiger partial charge in [0.1, 0.15) is 0 Å². The second-order valence-corrected chi connectivity index (χ2v) is 13.3. The molecule has 1 aliphatic carbocycles. The zero-order valence-electron chi connectivity index (χ0n) is 14.3. The average molecular weight is 283 g/mol. The molecule has 0 saturated heterocycles. The van der Waals surface area contributed by atoms with E-state index in [0.717, 1.165) is 6.42 Å². The highest BCUT2D eigenvalue weighted by Gasteiger charge is 2.47. The molecule has 0 aromatic carbocycles. The zero-order valence-corrected chi connectivity index (χ0v) is 15.3. The largest absolute Gasteiger partial charge is 0.546 e. The molecule has 112 valence electrons. The van der Waals surface area contributed by atoms with Crippen molar-refractivity contribution in [1.82, 2.24) is 0 Å². The lowest BCUT2D eigenvalue weighted by molar-refractivity contribution is 0.265. The highest BCUT2D eigenvalue weighted by atomic mass is 28.4. The van der Waals surface area contributed by atoms with E-state index < -0.39 is 8.32 Å². The van der Waals surface area contributed by atoms with Crippen LogP contribution in [0.4, 0.5) is 0 Å². The summed E-state index contributed by atoms with van der Waals surface area (Å²) in [4.78, 5) is 0. The van der Waals surface area contributed by atoms with Crippen molar-refractivity contribution < 1.29 is 4.43 Å². The summed E-state index contributed by atoms with van der Waals surface area (Å²) in [6.45, 7) is 18.9. The molecular formula is C17H34OSi. The van der Waals surface area contributed by atoms with E-state index in [9.17, 15) is 0 Å². The second kappa shape index (κ2) is 6.03. The Morgan fingerprint density at radius 2 is 1.47 bits per heavy atom. The molecule has 0 N–H and O–H groups in total. The number of hydrogen-bond acceptors (Lipinski definition) is 1. The van der Waals surface area contributed by atoms with Crippen molar-refractivity contribution in [3.05, 3.63) is 11.8 Å². The molecule has 0 fully saturated rings. The third-order valence-electron chi connectivity index (χ3n) is 4.95. The molecule has 0 aromatic rings. The molecule has 0 aliphatic heterocycles. The van der Waals surface area contributed by atoms with Crippen LogP contribution in [0.1, 0.15) is 74.7 Å². The molecule has 1 nitrogen and oxygen atoms in total. The Hall–Kier alpha value is -0.243. The molecule has 1 aliphatic rings. The molecule has 0 aromatic heterocycles. The summed E-state index contributed by atoms with van der Waals surface area (Å²) < 4.78 is 6.76. The minimum absolute atomic E-state index is 0.463. The Balaban J connectivity index is 2.94. The minimum Gasteiger partial charge on any atom is -0.546 e. The van der Waals surface area contributed by atoms with Gasteiger partial charge in [0, 0.05) is 6.42 Å². The number of rotatable bonds is 5. The van der Waals surface area contributed by atoms with Gasteiger partial charge in [-0.3, -0.25) is 0 Å². The van der Waals surface area contributed by atoms with Crippen LogP contribution in [-0.4, -0.2) is 8.32 Å². The fourth-order valence-corrected chi connectivity index (χ4v) is 9.08. The van der Waals surface area contributed by atoms with Crippen molar-refractivity contribution in [3.63, 3.8) is 0 Å². The topological polar surface area (TPSA) is 9.23 Å². The Labute approximate surface area is 122 Å². The van der Waals surface area contributed by atoms with E-state index in [4.69, 9.17) is 4.43 Å². The number of hydrogen-bond donors (Lipinski definition) is 0. The van der Waals surface area contributed by atoms with Crippen molar-refractivity contribution in [3.8, 4) is 0 Å². The molecule has 19 heavy (non-hydrogen) atoms. The lowest BCUT2D eigenvalue weighted by Crippen LogP contribution is -2.47. The van der Waals surface area contributed by atoms with Gasteiger partial charge in [-0.15, -0.1) is 0 Å². The molecule has 0 atom stereocenters. The quantitative estimate of drug-likeness (QED) is 0.540. The minimum atomic E-state index is -1.73. The molecule has 0 unspecified atom stereocenters. The first-order chi connectivity index (χ1) is 8.62. The molecule has 0 saturated carbocycles. The SMILES string of the molecule is CC(C)[Si](OC1=CCC(C)(C)CC1)(C(C)C)C(C)C. The van der Waals surface area contributed by atoms with E-state index in [1.165, 1.54) is 18.6 Å². The maximum absolute atomic E-state index is 6.76. The van der Waals surface area contributed by atoms with Crippen LogP contribution in [0.3, 0.4) is 0 Å². The molecule has 0 bridgehead atoms. The third-order valence-corrected chi connectivity index (χ3v) is 11.0. The summed E-state index contributed by atoms with van der Waals surface area (Å²) in [5.74, 6) is 1.29. The first-order valence-electron chi connectivity index (χ1n) is 8.00. The Morgan fingerprint density at radius 3 is 1.79 bits per heavy atom. The van der Waals surface area contributed by atoms with Crippen LogP contribution in [-0.2, 0) is 4.43 Å². The van der Waals surface area contributed by atoms with E-state index in [1.54, 1.807) is 0 Å². The van der Waals surface area contributed by atoms with E-state index in [2.05, 4.69) is 61.5 Å². The summed E-state index contributed by atoms with van der Waals surface area (Å²) >= 11 is 0. The van der Waals surface area contributed by atoms with Crippen molar-refractivity contribution in [2.24, 2.45) is 5.41 Å². The molecule has 2 heteroatoms. The molecule has 1 rings (SSSR count). The lowest BCUT2D eigenvalue weighted by atomic mass is 9.80. The lowest BCUT2D eigenvalue weighted by Gasteiger charge is -2.44. The zero-order chi connectivity index (χ0) is 14.8. The van der Waals surface area contributed by atoms with Gasteiger partial charge in [-0.25, -0.2) is 0 Å². The van der Waals surface area contributed by atoms with E-state index in [0.29, 0.717) is 22.0 Å². The van der Waals surface area contributed by atoms with Crippen LogP contribution < -0.4 is 0 Å². The summed E-state index contributed by atoms with van der Waals surface area (Å²) in [7, 11) is -1.73. The van der Waals surface area contributed by atoms with Gasteiger partial charge >= 0.3 is 0 Å². The van der Waals surface area contributed by atoms with Gasteiger partial charge in [-0.05, 0) is 41.0 Å².